The zero-order valence-corrected chi connectivity index (χ0v) is 12.7. The molecule has 0 atom stereocenters. The summed E-state index contributed by atoms with van der Waals surface area (Å²) in [5, 5.41) is 9.47. The van der Waals surface area contributed by atoms with Gasteiger partial charge in [-0.05, 0) is 42.5 Å². The quantitative estimate of drug-likeness (QED) is 0.918. The number of carbonyl (C=O) groups excluding carboxylic acids is 1. The smallest absolute Gasteiger partial charge is 0.253 e. The van der Waals surface area contributed by atoms with E-state index in [9.17, 15) is 14.3 Å². The van der Waals surface area contributed by atoms with E-state index in [0.29, 0.717) is 17.9 Å². The van der Waals surface area contributed by atoms with Crippen LogP contribution in [0.25, 0.3) is 0 Å². The molecule has 0 bridgehead atoms. The summed E-state index contributed by atoms with van der Waals surface area (Å²) >= 11 is 5.78. The Hall–Kier alpha value is -2.27. The highest BCUT2D eigenvalue weighted by molar-refractivity contribution is 6.32. The highest BCUT2D eigenvalue weighted by Gasteiger charge is 2.13. The minimum absolute atomic E-state index is 0.0690. The first-order chi connectivity index (χ1) is 10.5. The van der Waals surface area contributed by atoms with Crippen LogP contribution in [0, 0.1) is 5.82 Å². The number of nitrogens with zero attached hydrogens (tertiary/aromatic N) is 1. The number of benzene rings is 2. The Morgan fingerprint density at radius 1 is 1.27 bits per heavy atom. The third-order valence-electron chi connectivity index (χ3n) is 3.05. The highest BCUT2D eigenvalue weighted by Crippen LogP contribution is 2.24. The molecule has 0 radical (unpaired) electrons. The Morgan fingerprint density at radius 3 is 2.59 bits per heavy atom. The highest BCUT2D eigenvalue weighted by atomic mass is 35.5. The van der Waals surface area contributed by atoms with Crippen molar-refractivity contribution in [2.24, 2.45) is 0 Å². The normalized spacial score (nSPS) is 10.3. The molecule has 0 saturated carbocycles. The van der Waals surface area contributed by atoms with E-state index in [2.05, 4.69) is 0 Å². The number of rotatable bonds is 5. The number of aromatic hydroxyl groups is 1. The SMILES string of the molecule is CN(CCOc1ccc(F)cc1)C(=O)c1ccc(O)c(Cl)c1. The molecule has 2 rings (SSSR count). The van der Waals surface area contributed by atoms with E-state index in [-0.39, 0.29) is 29.1 Å². The molecule has 0 unspecified atom stereocenters. The van der Waals surface area contributed by atoms with Gasteiger partial charge in [0.25, 0.3) is 5.91 Å². The summed E-state index contributed by atoms with van der Waals surface area (Å²) in [5.74, 6) is -0.0936. The predicted octanol–water partition coefficient (Wildman–Crippen LogP) is 3.34. The molecule has 0 spiro atoms. The van der Waals surface area contributed by atoms with Crippen molar-refractivity contribution < 1.29 is 19.0 Å². The summed E-state index contributed by atoms with van der Waals surface area (Å²) in [7, 11) is 1.64. The topological polar surface area (TPSA) is 49.8 Å². The van der Waals surface area contributed by atoms with E-state index < -0.39 is 0 Å². The lowest BCUT2D eigenvalue weighted by molar-refractivity contribution is 0.0774. The first-order valence-electron chi connectivity index (χ1n) is 6.59. The molecule has 0 aliphatic carbocycles. The number of phenols is 1. The number of phenolic OH excluding ortho intramolecular Hbond substituents is 1. The van der Waals surface area contributed by atoms with Gasteiger partial charge in [-0.25, -0.2) is 4.39 Å². The Bertz CT molecular complexity index is 661. The van der Waals surface area contributed by atoms with Crippen molar-refractivity contribution in [2.75, 3.05) is 20.2 Å². The van der Waals surface area contributed by atoms with Crippen LogP contribution in [0.2, 0.25) is 5.02 Å². The molecule has 0 aromatic heterocycles. The van der Waals surface area contributed by atoms with E-state index in [1.54, 1.807) is 7.05 Å². The molecule has 1 amide bonds. The fraction of sp³-hybridized carbons (Fsp3) is 0.188. The van der Waals surface area contributed by atoms with Gasteiger partial charge in [-0.3, -0.25) is 4.79 Å². The van der Waals surface area contributed by atoms with E-state index in [1.165, 1.54) is 47.4 Å². The minimum atomic E-state index is -0.330. The van der Waals surface area contributed by atoms with E-state index in [0.717, 1.165) is 0 Å². The van der Waals surface area contributed by atoms with Crippen LogP contribution in [0.1, 0.15) is 10.4 Å². The molecular formula is C16H15ClFNO3. The van der Waals surface area contributed by atoms with Crippen LogP contribution < -0.4 is 4.74 Å². The predicted molar refractivity (Wildman–Crippen MR) is 82.0 cm³/mol. The summed E-state index contributed by atoms with van der Waals surface area (Å²) in [6, 6.07) is 9.95. The van der Waals surface area contributed by atoms with Crippen molar-refractivity contribution in [1.29, 1.82) is 0 Å². The molecule has 2 aromatic rings. The number of hydrogen-bond acceptors (Lipinski definition) is 3. The Balaban J connectivity index is 1.88. The number of likely N-dealkylation sites (N-methyl/N-ethyl adjacent to an activating group) is 1. The number of halogens is 2. The molecule has 22 heavy (non-hydrogen) atoms. The van der Waals surface area contributed by atoms with Crippen LogP contribution in [-0.4, -0.2) is 36.1 Å². The van der Waals surface area contributed by atoms with Crippen molar-refractivity contribution in [3.8, 4) is 11.5 Å². The lowest BCUT2D eigenvalue weighted by Gasteiger charge is -2.17. The summed E-state index contributed by atoms with van der Waals surface area (Å²) in [4.78, 5) is 13.7. The third kappa shape index (κ3) is 4.11. The van der Waals surface area contributed by atoms with Gasteiger partial charge in [0.05, 0.1) is 11.6 Å². The molecule has 0 fully saturated rings. The van der Waals surface area contributed by atoms with Crippen LogP contribution >= 0.6 is 11.6 Å². The van der Waals surface area contributed by atoms with Crippen molar-refractivity contribution in [3.63, 3.8) is 0 Å². The van der Waals surface area contributed by atoms with E-state index in [4.69, 9.17) is 16.3 Å². The fourth-order valence-corrected chi connectivity index (χ4v) is 1.97. The van der Waals surface area contributed by atoms with Crippen LogP contribution in [0.5, 0.6) is 11.5 Å². The van der Waals surface area contributed by atoms with Crippen molar-refractivity contribution in [1.82, 2.24) is 4.90 Å². The Labute approximate surface area is 132 Å². The average molecular weight is 324 g/mol. The second kappa shape index (κ2) is 7.13. The summed E-state index contributed by atoms with van der Waals surface area (Å²) < 4.78 is 18.2. The van der Waals surface area contributed by atoms with Gasteiger partial charge in [-0.1, -0.05) is 11.6 Å². The molecule has 1 N–H and O–H groups in total. The Morgan fingerprint density at radius 2 is 1.95 bits per heavy atom. The van der Waals surface area contributed by atoms with Crippen molar-refractivity contribution in [3.05, 3.63) is 58.9 Å². The van der Waals surface area contributed by atoms with Gasteiger partial charge in [-0.15, -0.1) is 0 Å². The fourth-order valence-electron chi connectivity index (χ4n) is 1.79. The van der Waals surface area contributed by atoms with Gasteiger partial charge in [0.15, 0.2) is 0 Å². The van der Waals surface area contributed by atoms with Gasteiger partial charge >= 0.3 is 0 Å². The van der Waals surface area contributed by atoms with Gasteiger partial charge < -0.3 is 14.7 Å². The number of hydrogen-bond donors (Lipinski definition) is 1. The maximum Gasteiger partial charge on any atom is 0.253 e. The summed E-state index contributed by atoms with van der Waals surface area (Å²) in [6.07, 6.45) is 0. The van der Waals surface area contributed by atoms with Crippen molar-refractivity contribution in [2.45, 2.75) is 0 Å². The molecule has 4 nitrogen and oxygen atoms in total. The third-order valence-corrected chi connectivity index (χ3v) is 3.35. The summed E-state index contributed by atoms with van der Waals surface area (Å²) in [5.41, 5.74) is 0.382. The van der Waals surface area contributed by atoms with Crippen LogP contribution in [-0.2, 0) is 0 Å². The molecule has 0 aliphatic heterocycles. The van der Waals surface area contributed by atoms with Crippen LogP contribution in [0.4, 0.5) is 4.39 Å². The van der Waals surface area contributed by atoms with Crippen LogP contribution in [0.3, 0.4) is 0 Å². The molecule has 0 saturated heterocycles. The summed E-state index contributed by atoms with van der Waals surface area (Å²) in [6.45, 7) is 0.633. The van der Waals surface area contributed by atoms with Gasteiger partial charge in [0.1, 0.15) is 23.9 Å². The zero-order chi connectivity index (χ0) is 16.1. The molecule has 0 aliphatic rings. The van der Waals surface area contributed by atoms with Gasteiger partial charge in [-0.2, -0.15) is 0 Å². The van der Waals surface area contributed by atoms with E-state index >= 15 is 0 Å². The largest absolute Gasteiger partial charge is 0.506 e. The maximum absolute atomic E-state index is 12.8. The standard InChI is InChI=1S/C16H15ClFNO3/c1-19(8-9-22-13-5-3-12(18)4-6-13)16(21)11-2-7-15(20)14(17)10-11/h2-7,10,20H,8-9H2,1H3. The van der Waals surface area contributed by atoms with Gasteiger partial charge in [0, 0.05) is 12.6 Å². The monoisotopic (exact) mass is 323 g/mol. The van der Waals surface area contributed by atoms with E-state index in [1.807, 2.05) is 0 Å². The molecule has 2 aromatic carbocycles. The first kappa shape index (κ1) is 16.1. The van der Waals surface area contributed by atoms with Crippen LogP contribution in [0.15, 0.2) is 42.5 Å². The minimum Gasteiger partial charge on any atom is -0.506 e. The van der Waals surface area contributed by atoms with Crippen molar-refractivity contribution >= 4 is 17.5 Å². The molecule has 6 heteroatoms. The second-order valence-electron chi connectivity index (χ2n) is 4.70. The first-order valence-corrected chi connectivity index (χ1v) is 6.97. The lowest BCUT2D eigenvalue weighted by Crippen LogP contribution is -2.30. The number of ether oxygens (including phenoxy) is 1. The number of carbonyl (C=O) groups is 1. The van der Waals surface area contributed by atoms with Gasteiger partial charge in [0.2, 0.25) is 0 Å². The Kier molecular flexibility index (Phi) is 5.22. The number of amides is 1. The average Bonchev–Trinajstić information content (AvgIpc) is 2.51. The maximum atomic E-state index is 12.8. The lowest BCUT2D eigenvalue weighted by atomic mass is 10.2. The zero-order valence-electron chi connectivity index (χ0n) is 11.9. The second-order valence-corrected chi connectivity index (χ2v) is 5.10. The molecule has 0 heterocycles. The molecular weight excluding hydrogens is 309 g/mol. The molecule has 116 valence electrons.